The zero-order valence-corrected chi connectivity index (χ0v) is 12.2. The molecule has 1 aromatic carbocycles. The molecule has 0 aliphatic carbocycles. The summed E-state index contributed by atoms with van der Waals surface area (Å²) in [5, 5.41) is 0.741. The second-order valence-electron chi connectivity index (χ2n) is 4.71. The number of benzene rings is 1. The van der Waals surface area contributed by atoms with Gasteiger partial charge in [-0.2, -0.15) is 0 Å². The van der Waals surface area contributed by atoms with Crippen molar-refractivity contribution in [2.75, 3.05) is 26.8 Å². The predicted molar refractivity (Wildman–Crippen MR) is 78.5 cm³/mol. The first-order valence-corrected chi connectivity index (χ1v) is 6.84. The van der Waals surface area contributed by atoms with Crippen LogP contribution in [0.2, 0.25) is 5.02 Å². The van der Waals surface area contributed by atoms with Crippen LogP contribution < -0.4 is 5.73 Å². The Hall–Kier alpha value is -1.26. The van der Waals surface area contributed by atoms with Crippen molar-refractivity contribution in [2.45, 2.75) is 18.9 Å². The molecular formula is C14H20ClN3O. The van der Waals surface area contributed by atoms with Gasteiger partial charge in [-0.3, -0.25) is 4.99 Å². The van der Waals surface area contributed by atoms with Crippen LogP contribution in [0.15, 0.2) is 29.3 Å². The van der Waals surface area contributed by atoms with Crippen LogP contribution in [0.3, 0.4) is 0 Å². The van der Waals surface area contributed by atoms with Crippen molar-refractivity contribution in [3.63, 3.8) is 0 Å². The summed E-state index contributed by atoms with van der Waals surface area (Å²) in [5.41, 5.74) is 7.05. The monoisotopic (exact) mass is 281 g/mol. The molecule has 0 aromatic heterocycles. The average Bonchev–Trinajstić information content (AvgIpc) is 2.75. The third-order valence-corrected chi connectivity index (χ3v) is 4.03. The molecule has 104 valence electrons. The van der Waals surface area contributed by atoms with Gasteiger partial charge in [0.1, 0.15) is 0 Å². The summed E-state index contributed by atoms with van der Waals surface area (Å²) in [6.45, 7) is 4.21. The Balaban J connectivity index is 2.33. The lowest BCUT2D eigenvalue weighted by Crippen LogP contribution is -2.50. The first kappa shape index (κ1) is 14.2. The van der Waals surface area contributed by atoms with Gasteiger partial charge in [0.05, 0.1) is 18.7 Å². The van der Waals surface area contributed by atoms with E-state index in [0.29, 0.717) is 19.1 Å². The molecule has 0 saturated heterocycles. The first-order valence-electron chi connectivity index (χ1n) is 6.46. The highest BCUT2D eigenvalue weighted by atomic mass is 35.5. The number of methoxy groups -OCH3 is 1. The van der Waals surface area contributed by atoms with Crippen LogP contribution in [0.25, 0.3) is 0 Å². The second-order valence-corrected chi connectivity index (χ2v) is 5.15. The molecule has 1 heterocycles. The van der Waals surface area contributed by atoms with E-state index in [2.05, 4.69) is 28.9 Å². The number of ether oxygens (including phenoxy) is 1. The zero-order valence-electron chi connectivity index (χ0n) is 11.4. The summed E-state index contributed by atoms with van der Waals surface area (Å²) in [6, 6.07) is 7.94. The lowest BCUT2D eigenvalue weighted by molar-refractivity contribution is 0.125. The molecule has 1 aliphatic heterocycles. The van der Waals surface area contributed by atoms with E-state index < -0.39 is 0 Å². The molecule has 2 rings (SSSR count). The summed E-state index contributed by atoms with van der Waals surface area (Å²) >= 11 is 5.97. The van der Waals surface area contributed by atoms with Gasteiger partial charge in [-0.15, -0.1) is 0 Å². The van der Waals surface area contributed by atoms with Gasteiger partial charge in [0.25, 0.3) is 0 Å². The van der Waals surface area contributed by atoms with Gasteiger partial charge in [-0.1, -0.05) is 30.7 Å². The van der Waals surface area contributed by atoms with Gasteiger partial charge in [0.15, 0.2) is 5.96 Å². The highest BCUT2D eigenvalue weighted by Crippen LogP contribution is 2.36. The van der Waals surface area contributed by atoms with Crippen molar-refractivity contribution in [3.8, 4) is 0 Å². The van der Waals surface area contributed by atoms with E-state index in [-0.39, 0.29) is 5.54 Å². The lowest BCUT2D eigenvalue weighted by Gasteiger charge is -2.39. The fraction of sp³-hybridized carbons (Fsp3) is 0.500. The maximum atomic E-state index is 6.03. The number of nitrogens with two attached hydrogens (primary N) is 1. The third kappa shape index (κ3) is 2.55. The van der Waals surface area contributed by atoms with Crippen molar-refractivity contribution in [2.24, 2.45) is 10.7 Å². The number of halogens is 1. The molecule has 0 spiro atoms. The number of nitrogens with zero attached hydrogens (tertiary/aromatic N) is 2. The molecule has 0 fully saturated rings. The molecule has 1 unspecified atom stereocenters. The van der Waals surface area contributed by atoms with E-state index in [0.717, 1.165) is 18.0 Å². The van der Waals surface area contributed by atoms with Crippen molar-refractivity contribution in [1.82, 2.24) is 4.90 Å². The van der Waals surface area contributed by atoms with Crippen LogP contribution in [0, 0.1) is 0 Å². The molecule has 1 aromatic rings. The van der Waals surface area contributed by atoms with Gasteiger partial charge in [-0.25, -0.2) is 0 Å². The Bertz CT molecular complexity index is 460. The van der Waals surface area contributed by atoms with E-state index in [1.807, 2.05) is 12.1 Å². The summed E-state index contributed by atoms with van der Waals surface area (Å²) in [7, 11) is 1.69. The van der Waals surface area contributed by atoms with Gasteiger partial charge in [0.2, 0.25) is 0 Å². The standard InChI is InChI=1S/C14H20ClN3O/c1-3-14(11-4-6-12(15)7-5-11)10-17-13(16)18(14)8-9-19-2/h4-7H,3,8-10H2,1-2H3,(H2,16,17). The molecule has 2 N–H and O–H groups in total. The maximum Gasteiger partial charge on any atom is 0.192 e. The Labute approximate surface area is 119 Å². The van der Waals surface area contributed by atoms with E-state index >= 15 is 0 Å². The molecule has 5 heteroatoms. The number of rotatable bonds is 5. The van der Waals surface area contributed by atoms with E-state index in [1.54, 1.807) is 7.11 Å². The third-order valence-electron chi connectivity index (χ3n) is 3.78. The predicted octanol–water partition coefficient (Wildman–Crippen LogP) is 2.22. The van der Waals surface area contributed by atoms with E-state index in [1.165, 1.54) is 5.56 Å². The minimum Gasteiger partial charge on any atom is -0.383 e. The molecule has 1 atom stereocenters. The lowest BCUT2D eigenvalue weighted by atomic mass is 9.86. The quantitative estimate of drug-likeness (QED) is 0.900. The first-order chi connectivity index (χ1) is 9.14. The van der Waals surface area contributed by atoms with Crippen molar-refractivity contribution in [1.29, 1.82) is 0 Å². The van der Waals surface area contributed by atoms with Gasteiger partial charge in [-0.05, 0) is 24.1 Å². The number of guanidine groups is 1. The SMILES string of the molecule is CCC1(c2ccc(Cl)cc2)CN=C(N)N1CCOC. The van der Waals surface area contributed by atoms with Crippen LogP contribution in [-0.2, 0) is 10.3 Å². The zero-order chi connectivity index (χ0) is 13.9. The summed E-state index contributed by atoms with van der Waals surface area (Å²) in [5.74, 6) is 0.592. The normalized spacial score (nSPS) is 22.7. The minimum atomic E-state index is -0.173. The number of hydrogen-bond acceptors (Lipinski definition) is 4. The molecule has 4 nitrogen and oxygen atoms in total. The van der Waals surface area contributed by atoms with Crippen molar-refractivity contribution < 1.29 is 4.74 Å². The smallest absolute Gasteiger partial charge is 0.192 e. The minimum absolute atomic E-state index is 0.173. The van der Waals surface area contributed by atoms with Crippen LogP contribution in [0.5, 0.6) is 0 Å². The molecule has 0 bridgehead atoms. The number of hydrogen-bond donors (Lipinski definition) is 1. The van der Waals surface area contributed by atoms with Crippen LogP contribution >= 0.6 is 11.6 Å². The molecule has 0 saturated carbocycles. The summed E-state index contributed by atoms with van der Waals surface area (Å²) in [6.07, 6.45) is 0.933. The Kier molecular flexibility index (Phi) is 4.32. The van der Waals surface area contributed by atoms with Crippen LogP contribution in [-0.4, -0.2) is 37.7 Å². The van der Waals surface area contributed by atoms with Crippen LogP contribution in [0.4, 0.5) is 0 Å². The van der Waals surface area contributed by atoms with Crippen molar-refractivity contribution >= 4 is 17.6 Å². The highest BCUT2D eigenvalue weighted by molar-refractivity contribution is 6.30. The molecule has 1 aliphatic rings. The maximum absolute atomic E-state index is 6.03. The summed E-state index contributed by atoms with van der Waals surface area (Å²) < 4.78 is 5.17. The number of aliphatic imine (C=N–C) groups is 1. The van der Waals surface area contributed by atoms with Crippen LogP contribution in [0.1, 0.15) is 18.9 Å². The fourth-order valence-corrected chi connectivity index (χ4v) is 2.75. The Morgan fingerprint density at radius 2 is 2.11 bits per heavy atom. The van der Waals surface area contributed by atoms with Gasteiger partial charge >= 0.3 is 0 Å². The average molecular weight is 282 g/mol. The highest BCUT2D eigenvalue weighted by Gasteiger charge is 2.41. The molecular weight excluding hydrogens is 262 g/mol. The van der Waals surface area contributed by atoms with Gasteiger partial charge in [0, 0.05) is 18.7 Å². The van der Waals surface area contributed by atoms with Gasteiger partial charge < -0.3 is 15.4 Å². The Morgan fingerprint density at radius 3 is 2.68 bits per heavy atom. The van der Waals surface area contributed by atoms with Crippen molar-refractivity contribution in [3.05, 3.63) is 34.9 Å². The Morgan fingerprint density at radius 1 is 1.42 bits per heavy atom. The summed E-state index contributed by atoms with van der Waals surface area (Å²) in [4.78, 5) is 6.56. The van der Waals surface area contributed by atoms with E-state index in [9.17, 15) is 0 Å². The molecule has 0 radical (unpaired) electrons. The molecule has 0 amide bonds. The van der Waals surface area contributed by atoms with E-state index in [4.69, 9.17) is 22.1 Å². The second kappa shape index (κ2) is 5.80. The fourth-order valence-electron chi connectivity index (χ4n) is 2.63. The topological polar surface area (TPSA) is 50.8 Å². The molecule has 19 heavy (non-hydrogen) atoms. The largest absolute Gasteiger partial charge is 0.383 e.